The fourth-order valence-corrected chi connectivity index (χ4v) is 3.04. The lowest BCUT2D eigenvalue weighted by Gasteiger charge is -2.40. The number of nitrogens with one attached hydrogen (secondary N) is 1. The molecule has 1 aliphatic heterocycles. The molecule has 4 rings (SSSR count). The first-order valence-corrected chi connectivity index (χ1v) is 8.80. The minimum absolute atomic E-state index is 0.163. The van der Waals surface area contributed by atoms with Crippen molar-refractivity contribution in [3.05, 3.63) is 23.4 Å². The van der Waals surface area contributed by atoms with Gasteiger partial charge in [0.05, 0.1) is 31.8 Å². The highest BCUT2D eigenvalue weighted by Crippen LogP contribution is 2.44. The number of hydrogen-bond acceptors (Lipinski definition) is 5. The van der Waals surface area contributed by atoms with E-state index >= 15 is 0 Å². The maximum atomic E-state index is 12.6. The Morgan fingerprint density at radius 1 is 1.28 bits per heavy atom. The second-order valence-electron chi connectivity index (χ2n) is 7.42. The molecular formula is C18H22N2O5. The van der Waals surface area contributed by atoms with Gasteiger partial charge in [-0.1, -0.05) is 6.07 Å². The summed E-state index contributed by atoms with van der Waals surface area (Å²) in [6, 6.07) is 3.61. The number of carbonyl (C=O) groups excluding carboxylic acids is 1. The topological polar surface area (TPSA) is 97.8 Å². The molecule has 0 bridgehead atoms. The van der Waals surface area contributed by atoms with Crippen molar-refractivity contribution in [1.82, 2.24) is 10.3 Å². The van der Waals surface area contributed by atoms with Gasteiger partial charge in [0, 0.05) is 5.56 Å². The average Bonchev–Trinajstić information content (AvgIpc) is 3.44. The summed E-state index contributed by atoms with van der Waals surface area (Å²) in [5.41, 5.74) is 0.491. The lowest BCUT2D eigenvalue weighted by Crippen LogP contribution is -2.63. The second kappa shape index (κ2) is 6.29. The molecule has 0 unspecified atom stereocenters. The van der Waals surface area contributed by atoms with Gasteiger partial charge in [-0.3, -0.25) is 9.59 Å². The fourth-order valence-electron chi connectivity index (χ4n) is 3.04. The summed E-state index contributed by atoms with van der Waals surface area (Å²) >= 11 is 0. The largest absolute Gasteiger partial charge is 0.481 e. The van der Waals surface area contributed by atoms with Crippen molar-refractivity contribution in [3.8, 4) is 5.88 Å². The van der Waals surface area contributed by atoms with E-state index in [1.54, 1.807) is 6.07 Å². The summed E-state index contributed by atoms with van der Waals surface area (Å²) in [6.45, 7) is 1.06. The van der Waals surface area contributed by atoms with Crippen LogP contribution in [0.15, 0.2) is 12.1 Å². The number of pyridine rings is 1. The summed E-state index contributed by atoms with van der Waals surface area (Å²) in [4.78, 5) is 28.0. The smallest absolute Gasteiger partial charge is 0.305 e. The van der Waals surface area contributed by atoms with Crippen molar-refractivity contribution in [3.63, 3.8) is 0 Å². The van der Waals surface area contributed by atoms with Crippen LogP contribution in [-0.2, 0) is 9.53 Å². The zero-order chi connectivity index (χ0) is 17.4. The molecule has 7 nitrogen and oxygen atoms in total. The van der Waals surface area contributed by atoms with E-state index in [-0.39, 0.29) is 31.2 Å². The number of rotatable bonds is 8. The zero-order valence-corrected chi connectivity index (χ0v) is 14.0. The van der Waals surface area contributed by atoms with E-state index in [2.05, 4.69) is 10.3 Å². The van der Waals surface area contributed by atoms with Gasteiger partial charge in [0.2, 0.25) is 5.88 Å². The summed E-state index contributed by atoms with van der Waals surface area (Å²) in [5.74, 6) is 0.297. The fraction of sp³-hybridized carbons (Fsp3) is 0.611. The maximum absolute atomic E-state index is 12.6. The van der Waals surface area contributed by atoms with Crippen LogP contribution in [0.1, 0.15) is 54.1 Å². The molecule has 1 saturated heterocycles. The van der Waals surface area contributed by atoms with Gasteiger partial charge in [-0.05, 0) is 43.6 Å². The van der Waals surface area contributed by atoms with Crippen molar-refractivity contribution in [2.24, 2.45) is 5.92 Å². The van der Waals surface area contributed by atoms with Crippen LogP contribution in [0, 0.1) is 5.92 Å². The first kappa shape index (κ1) is 16.3. The minimum atomic E-state index is -0.964. The number of carboxylic acids is 1. The summed E-state index contributed by atoms with van der Waals surface area (Å²) in [5, 5.41) is 11.8. The van der Waals surface area contributed by atoms with Gasteiger partial charge in [0.25, 0.3) is 5.91 Å². The van der Waals surface area contributed by atoms with Crippen molar-refractivity contribution in [2.45, 2.75) is 43.6 Å². The molecule has 0 aromatic carbocycles. The lowest BCUT2D eigenvalue weighted by atomic mass is 9.93. The highest BCUT2D eigenvalue weighted by molar-refractivity contribution is 5.93. The van der Waals surface area contributed by atoms with E-state index in [1.807, 2.05) is 6.07 Å². The third kappa shape index (κ3) is 3.76. The van der Waals surface area contributed by atoms with Gasteiger partial charge in [0.1, 0.15) is 5.69 Å². The molecule has 7 heteroatoms. The predicted octanol–water partition coefficient (Wildman–Crippen LogP) is 1.72. The molecule has 1 aromatic rings. The van der Waals surface area contributed by atoms with Crippen molar-refractivity contribution >= 4 is 11.9 Å². The molecule has 3 fully saturated rings. The number of hydrogen-bond donors (Lipinski definition) is 2. The van der Waals surface area contributed by atoms with Crippen LogP contribution in [0.2, 0.25) is 0 Å². The Bertz CT molecular complexity index is 693. The van der Waals surface area contributed by atoms with Crippen LogP contribution in [0.5, 0.6) is 5.88 Å². The van der Waals surface area contributed by atoms with Crippen LogP contribution >= 0.6 is 0 Å². The summed E-state index contributed by atoms with van der Waals surface area (Å²) in [6.07, 6.45) is 4.48. The Morgan fingerprint density at radius 2 is 2.04 bits per heavy atom. The predicted molar refractivity (Wildman–Crippen MR) is 87.7 cm³/mol. The van der Waals surface area contributed by atoms with Gasteiger partial charge in [-0.2, -0.15) is 0 Å². The van der Waals surface area contributed by atoms with E-state index in [9.17, 15) is 9.59 Å². The SMILES string of the molecule is O=C(O)CC1(NC(=O)c2ccc(C3CC3)c(OCC3CC3)n2)COC1. The highest BCUT2D eigenvalue weighted by atomic mass is 16.5. The highest BCUT2D eigenvalue weighted by Gasteiger charge is 2.42. The molecule has 0 spiro atoms. The number of ether oxygens (including phenoxy) is 2. The minimum Gasteiger partial charge on any atom is -0.481 e. The van der Waals surface area contributed by atoms with Crippen LogP contribution < -0.4 is 10.1 Å². The number of aliphatic carboxylic acids is 1. The number of nitrogens with zero attached hydrogens (tertiary/aromatic N) is 1. The molecule has 134 valence electrons. The average molecular weight is 346 g/mol. The van der Waals surface area contributed by atoms with Crippen LogP contribution in [-0.4, -0.2) is 47.3 Å². The molecule has 3 aliphatic rings. The van der Waals surface area contributed by atoms with Gasteiger partial charge in [0.15, 0.2) is 0 Å². The zero-order valence-electron chi connectivity index (χ0n) is 14.0. The molecule has 25 heavy (non-hydrogen) atoms. The molecule has 2 N–H and O–H groups in total. The first-order chi connectivity index (χ1) is 12.0. The van der Waals surface area contributed by atoms with E-state index in [0.717, 1.165) is 18.4 Å². The standard InChI is InChI=1S/C18H22N2O5/c21-15(22)7-18(9-24-10-18)20-16(23)14-6-5-13(12-3-4-12)17(19-14)25-8-11-1-2-11/h5-6,11-12H,1-4,7-10H2,(H,20,23)(H,21,22). The Labute approximate surface area is 145 Å². The van der Waals surface area contributed by atoms with Gasteiger partial charge >= 0.3 is 5.97 Å². The van der Waals surface area contributed by atoms with Gasteiger partial charge in [-0.15, -0.1) is 0 Å². The quantitative estimate of drug-likeness (QED) is 0.744. The van der Waals surface area contributed by atoms with E-state index in [1.165, 1.54) is 12.8 Å². The van der Waals surface area contributed by atoms with Gasteiger partial charge < -0.3 is 19.9 Å². The molecular weight excluding hydrogens is 324 g/mol. The van der Waals surface area contributed by atoms with Crippen molar-refractivity contribution < 1.29 is 24.2 Å². The Morgan fingerprint density at radius 3 is 2.60 bits per heavy atom. The second-order valence-corrected chi connectivity index (χ2v) is 7.42. The third-order valence-corrected chi connectivity index (χ3v) is 4.92. The van der Waals surface area contributed by atoms with E-state index in [4.69, 9.17) is 14.6 Å². The molecule has 1 amide bonds. The molecule has 0 atom stereocenters. The van der Waals surface area contributed by atoms with Crippen LogP contribution in [0.4, 0.5) is 0 Å². The molecule has 0 radical (unpaired) electrons. The van der Waals surface area contributed by atoms with Crippen molar-refractivity contribution in [2.75, 3.05) is 19.8 Å². The normalized spacial score (nSPS) is 21.3. The lowest BCUT2D eigenvalue weighted by molar-refractivity contribution is -0.145. The van der Waals surface area contributed by atoms with Crippen molar-refractivity contribution in [1.29, 1.82) is 0 Å². The molecule has 2 saturated carbocycles. The summed E-state index contributed by atoms with van der Waals surface area (Å²) < 4.78 is 11.0. The Kier molecular flexibility index (Phi) is 4.11. The van der Waals surface area contributed by atoms with Crippen LogP contribution in [0.3, 0.4) is 0 Å². The van der Waals surface area contributed by atoms with Gasteiger partial charge in [-0.25, -0.2) is 4.98 Å². The first-order valence-electron chi connectivity index (χ1n) is 8.80. The third-order valence-electron chi connectivity index (χ3n) is 4.92. The van der Waals surface area contributed by atoms with E-state index in [0.29, 0.717) is 24.3 Å². The molecule has 2 aliphatic carbocycles. The number of aromatic nitrogens is 1. The van der Waals surface area contributed by atoms with E-state index < -0.39 is 11.5 Å². The Balaban J connectivity index is 1.49. The van der Waals surface area contributed by atoms with Crippen LogP contribution in [0.25, 0.3) is 0 Å². The number of carboxylic acid groups (broad SMARTS) is 1. The molecule has 1 aromatic heterocycles. The maximum Gasteiger partial charge on any atom is 0.305 e. The Hall–Kier alpha value is -2.15. The number of amides is 1. The molecule has 2 heterocycles. The monoisotopic (exact) mass is 346 g/mol. The number of carbonyl (C=O) groups is 2. The summed E-state index contributed by atoms with van der Waals surface area (Å²) in [7, 11) is 0.